The number of hydrogen-bond acceptors (Lipinski definition) is 5. The number of rotatable bonds is 10. The van der Waals surface area contributed by atoms with Crippen molar-refractivity contribution in [3.63, 3.8) is 0 Å². The molecule has 3 atom stereocenters. The first-order chi connectivity index (χ1) is 14.7. The third-order valence-corrected chi connectivity index (χ3v) is 5.98. The fourth-order valence-electron chi connectivity index (χ4n) is 4.06. The van der Waals surface area contributed by atoms with E-state index in [2.05, 4.69) is 0 Å². The quantitative estimate of drug-likeness (QED) is 0.401. The van der Waals surface area contributed by atoms with Gasteiger partial charge in [-0.25, -0.2) is 9.69 Å². The van der Waals surface area contributed by atoms with Gasteiger partial charge in [0.05, 0.1) is 17.9 Å². The first kappa shape index (κ1) is 26.5. The van der Waals surface area contributed by atoms with E-state index < -0.39 is 54.0 Å². The van der Waals surface area contributed by atoms with Crippen LogP contribution in [0.5, 0.6) is 0 Å². The molecule has 0 N–H and O–H groups in total. The highest BCUT2D eigenvalue weighted by molar-refractivity contribution is 5.96. The Morgan fingerprint density at radius 3 is 2.25 bits per heavy atom. The van der Waals surface area contributed by atoms with Gasteiger partial charge in [-0.2, -0.15) is 13.2 Å². The largest absolute Gasteiger partial charge is 0.460 e. The van der Waals surface area contributed by atoms with E-state index in [1.165, 1.54) is 0 Å². The minimum atomic E-state index is -4.37. The van der Waals surface area contributed by atoms with Crippen LogP contribution >= 0.6 is 0 Å². The fraction of sp³-hybridized carbons (Fsp3) is 0.870. The van der Waals surface area contributed by atoms with Gasteiger partial charge in [-0.05, 0) is 58.3 Å². The zero-order valence-corrected chi connectivity index (χ0v) is 19.7. The fourth-order valence-corrected chi connectivity index (χ4v) is 4.06. The van der Waals surface area contributed by atoms with Crippen molar-refractivity contribution in [3.05, 3.63) is 0 Å². The van der Waals surface area contributed by atoms with Crippen LogP contribution in [0.15, 0.2) is 0 Å². The maximum Gasteiger partial charge on any atom is 0.416 e. The van der Waals surface area contributed by atoms with E-state index in [9.17, 15) is 27.6 Å². The average Bonchev–Trinajstić information content (AvgIpc) is 3.37. The molecule has 1 aliphatic heterocycles. The maximum absolute atomic E-state index is 13.5. The van der Waals surface area contributed by atoms with Crippen LogP contribution in [0.25, 0.3) is 0 Å². The van der Waals surface area contributed by atoms with Crippen molar-refractivity contribution < 1.29 is 37.0 Å². The predicted molar refractivity (Wildman–Crippen MR) is 112 cm³/mol. The van der Waals surface area contributed by atoms with Crippen LogP contribution in [-0.2, 0) is 19.1 Å². The average molecular weight is 464 g/mol. The molecule has 2 fully saturated rings. The van der Waals surface area contributed by atoms with Gasteiger partial charge >= 0.3 is 18.2 Å². The second kappa shape index (κ2) is 10.4. The Kier molecular flexibility index (Phi) is 8.62. The number of hydrogen-bond donors (Lipinski definition) is 0. The molecule has 1 saturated carbocycles. The Hall–Kier alpha value is -1.80. The van der Waals surface area contributed by atoms with Crippen LogP contribution in [0.1, 0.15) is 79.6 Å². The SMILES string of the molecule is CC(C)[C@H]1COC(=O)N1C(=O)[C@H](CCCC(F)(F)F)[C@@H](CCC1CC1)C(=O)OC(C)(C)C. The Balaban J connectivity index is 2.31. The Labute approximate surface area is 188 Å². The monoisotopic (exact) mass is 463 g/mol. The van der Waals surface area contributed by atoms with Crippen LogP contribution in [-0.4, -0.2) is 47.3 Å². The number of carbonyl (C=O) groups excluding carboxylic acids is 3. The smallest absolute Gasteiger partial charge is 0.416 e. The van der Waals surface area contributed by atoms with E-state index in [4.69, 9.17) is 9.47 Å². The van der Waals surface area contributed by atoms with Gasteiger partial charge in [0.1, 0.15) is 12.2 Å². The molecular weight excluding hydrogens is 427 g/mol. The minimum absolute atomic E-state index is 0.0384. The molecule has 2 aliphatic rings. The molecule has 0 radical (unpaired) electrons. The zero-order chi connectivity index (χ0) is 24.3. The number of cyclic esters (lactones) is 1. The van der Waals surface area contributed by atoms with Crippen molar-refractivity contribution in [2.45, 2.75) is 97.4 Å². The van der Waals surface area contributed by atoms with Crippen molar-refractivity contribution in [2.75, 3.05) is 6.61 Å². The summed E-state index contributed by atoms with van der Waals surface area (Å²) in [7, 11) is 0. The first-order valence-corrected chi connectivity index (χ1v) is 11.5. The Bertz CT molecular complexity index is 682. The molecule has 6 nitrogen and oxygen atoms in total. The highest BCUT2D eigenvalue weighted by atomic mass is 19.4. The summed E-state index contributed by atoms with van der Waals surface area (Å²) in [4.78, 5) is 40.0. The molecule has 9 heteroatoms. The molecule has 2 rings (SSSR count). The second-order valence-corrected chi connectivity index (χ2v) is 10.4. The molecule has 1 aliphatic carbocycles. The van der Waals surface area contributed by atoms with E-state index in [1.807, 2.05) is 13.8 Å². The predicted octanol–water partition coefficient (Wildman–Crippen LogP) is 5.49. The zero-order valence-electron chi connectivity index (χ0n) is 19.7. The van der Waals surface area contributed by atoms with E-state index in [1.54, 1.807) is 20.8 Å². The van der Waals surface area contributed by atoms with Crippen LogP contribution < -0.4 is 0 Å². The Morgan fingerprint density at radius 1 is 1.12 bits per heavy atom. The van der Waals surface area contributed by atoms with Gasteiger partial charge in [0.25, 0.3) is 0 Å². The Morgan fingerprint density at radius 2 is 1.75 bits per heavy atom. The molecule has 0 bridgehead atoms. The lowest BCUT2D eigenvalue weighted by molar-refractivity contribution is -0.166. The molecule has 0 aromatic rings. The summed E-state index contributed by atoms with van der Waals surface area (Å²) in [6.07, 6.45) is -3.56. The summed E-state index contributed by atoms with van der Waals surface area (Å²) in [6.45, 7) is 8.83. The van der Waals surface area contributed by atoms with Crippen molar-refractivity contribution >= 4 is 18.0 Å². The number of alkyl halides is 3. The number of imide groups is 1. The summed E-state index contributed by atoms with van der Waals surface area (Å²) in [5.74, 6) is -2.84. The highest BCUT2D eigenvalue weighted by Crippen LogP contribution is 2.39. The number of amides is 2. The standard InChI is InChI=1S/C23H36F3NO5/c1-14(2)18-13-31-21(30)27(18)19(28)16(7-6-12-23(24,25)26)17(11-10-15-8-9-15)20(29)32-22(3,4)5/h14-18H,6-13H2,1-5H3/t16-,17-,18-/m1/s1. The molecule has 0 unspecified atom stereocenters. The number of halogens is 3. The normalized spacial score (nSPS) is 21.5. The van der Waals surface area contributed by atoms with E-state index in [-0.39, 0.29) is 25.4 Å². The number of ether oxygens (including phenoxy) is 2. The summed E-state index contributed by atoms with van der Waals surface area (Å²) < 4.78 is 49.1. The third-order valence-electron chi connectivity index (χ3n) is 5.98. The second-order valence-electron chi connectivity index (χ2n) is 10.4. The number of nitrogens with zero attached hydrogens (tertiary/aromatic N) is 1. The van der Waals surface area contributed by atoms with Crippen molar-refractivity contribution in [1.29, 1.82) is 0 Å². The lowest BCUT2D eigenvalue weighted by Gasteiger charge is -2.32. The van der Waals surface area contributed by atoms with E-state index in [0.29, 0.717) is 18.8 Å². The van der Waals surface area contributed by atoms with Gasteiger partial charge in [-0.15, -0.1) is 0 Å². The number of carbonyl (C=O) groups is 3. The summed E-state index contributed by atoms with van der Waals surface area (Å²) in [5.41, 5.74) is -0.804. The molecule has 2 amide bonds. The van der Waals surface area contributed by atoms with Crippen LogP contribution in [0.2, 0.25) is 0 Å². The topological polar surface area (TPSA) is 72.9 Å². The molecule has 32 heavy (non-hydrogen) atoms. The minimum Gasteiger partial charge on any atom is -0.460 e. The van der Waals surface area contributed by atoms with Crippen LogP contribution in [0, 0.1) is 23.7 Å². The lowest BCUT2D eigenvalue weighted by atomic mass is 9.82. The third kappa shape index (κ3) is 7.96. The van der Waals surface area contributed by atoms with E-state index in [0.717, 1.165) is 17.7 Å². The summed E-state index contributed by atoms with van der Waals surface area (Å²) in [5, 5.41) is 0. The molecule has 1 saturated heterocycles. The molecule has 0 aromatic carbocycles. The van der Waals surface area contributed by atoms with Crippen LogP contribution in [0.3, 0.4) is 0 Å². The van der Waals surface area contributed by atoms with Gasteiger partial charge in [0.2, 0.25) is 5.91 Å². The molecule has 0 spiro atoms. The number of esters is 1. The molecular formula is C23H36F3NO5. The van der Waals surface area contributed by atoms with Gasteiger partial charge in [0.15, 0.2) is 0 Å². The van der Waals surface area contributed by atoms with Crippen LogP contribution in [0.4, 0.5) is 18.0 Å². The highest BCUT2D eigenvalue weighted by Gasteiger charge is 2.46. The van der Waals surface area contributed by atoms with Crippen molar-refractivity contribution in [1.82, 2.24) is 4.90 Å². The van der Waals surface area contributed by atoms with Crippen molar-refractivity contribution in [2.24, 2.45) is 23.7 Å². The van der Waals surface area contributed by atoms with Gasteiger partial charge in [0, 0.05) is 6.42 Å². The van der Waals surface area contributed by atoms with Gasteiger partial charge in [-0.1, -0.05) is 26.7 Å². The van der Waals surface area contributed by atoms with Crippen molar-refractivity contribution in [3.8, 4) is 0 Å². The molecule has 0 aromatic heterocycles. The maximum atomic E-state index is 13.5. The molecule has 184 valence electrons. The van der Waals surface area contributed by atoms with E-state index >= 15 is 0 Å². The summed E-state index contributed by atoms with van der Waals surface area (Å²) in [6, 6.07) is -0.511. The molecule has 1 heterocycles. The first-order valence-electron chi connectivity index (χ1n) is 11.5. The summed E-state index contributed by atoms with van der Waals surface area (Å²) >= 11 is 0. The lowest BCUT2D eigenvalue weighted by Crippen LogP contribution is -2.48. The van der Waals surface area contributed by atoms with Gasteiger partial charge in [-0.3, -0.25) is 9.59 Å². The van der Waals surface area contributed by atoms with Gasteiger partial charge < -0.3 is 9.47 Å².